The summed E-state index contributed by atoms with van der Waals surface area (Å²) in [6.07, 6.45) is 9.43. The third-order valence-corrected chi connectivity index (χ3v) is 11.8. The van der Waals surface area contributed by atoms with Crippen molar-refractivity contribution in [2.24, 2.45) is 23.7 Å². The van der Waals surface area contributed by atoms with Crippen LogP contribution in [0.1, 0.15) is 79.1 Å². The van der Waals surface area contributed by atoms with Gasteiger partial charge in [-0.3, -0.25) is 9.59 Å². The average Bonchev–Trinajstić information content (AvgIpc) is 3.59. The molecule has 6 N–H and O–H groups in total. The first kappa shape index (κ1) is 31.2. The van der Waals surface area contributed by atoms with Crippen molar-refractivity contribution < 1.29 is 19.8 Å². The normalized spacial score (nSPS) is 41.8. The second-order valence-corrected chi connectivity index (χ2v) is 13.8. The first-order valence-electron chi connectivity index (χ1n) is 16.2. The Morgan fingerprint density at radius 3 is 1.50 bits per heavy atom. The third kappa shape index (κ3) is 6.05. The lowest BCUT2D eigenvalue weighted by molar-refractivity contribution is -0.138. The molecule has 0 aliphatic carbocycles. The molecule has 42 heavy (non-hydrogen) atoms. The Kier molecular flexibility index (Phi) is 9.48. The molecule has 232 valence electrons. The van der Waals surface area contributed by atoms with Crippen molar-refractivity contribution in [1.29, 1.82) is 0 Å². The smallest absolute Gasteiger partial charge is 0.303 e. The molecule has 0 saturated carbocycles. The highest BCUT2D eigenvalue weighted by atomic mass is 16.4. The molecule has 8 bridgehead atoms. The molecule has 0 radical (unpaired) electrons. The fourth-order valence-electron chi connectivity index (χ4n) is 9.36. The van der Waals surface area contributed by atoms with Crippen molar-refractivity contribution in [1.82, 2.24) is 21.3 Å². The number of carboxylic acid groups (broad SMARTS) is 2. The summed E-state index contributed by atoms with van der Waals surface area (Å²) in [7, 11) is 0. The van der Waals surface area contributed by atoms with Gasteiger partial charge in [0, 0.05) is 61.2 Å². The zero-order chi connectivity index (χ0) is 30.3. The van der Waals surface area contributed by atoms with E-state index < -0.39 is 11.9 Å². The van der Waals surface area contributed by atoms with E-state index in [4.69, 9.17) is 0 Å². The summed E-state index contributed by atoms with van der Waals surface area (Å²) < 4.78 is 0. The van der Waals surface area contributed by atoms with Crippen LogP contribution < -0.4 is 21.3 Å². The molecular weight excluding hydrogens is 528 g/mol. The second-order valence-electron chi connectivity index (χ2n) is 13.8. The summed E-state index contributed by atoms with van der Waals surface area (Å²) in [5, 5.41) is 35.0. The fourth-order valence-corrected chi connectivity index (χ4v) is 9.36. The summed E-state index contributed by atoms with van der Waals surface area (Å²) in [4.78, 5) is 23.3. The topological polar surface area (TPSA) is 123 Å². The molecule has 3 saturated heterocycles. The average molecular weight is 581 g/mol. The van der Waals surface area contributed by atoms with E-state index >= 15 is 0 Å². The van der Waals surface area contributed by atoms with Gasteiger partial charge in [-0.25, -0.2) is 0 Å². The lowest BCUT2D eigenvalue weighted by Crippen LogP contribution is -2.45. The summed E-state index contributed by atoms with van der Waals surface area (Å²) in [5.74, 6) is -0.295. The van der Waals surface area contributed by atoms with Crippen molar-refractivity contribution in [3.8, 4) is 0 Å². The molecule has 0 aromatic rings. The van der Waals surface area contributed by atoms with Crippen LogP contribution in [0.15, 0.2) is 47.6 Å². The maximum Gasteiger partial charge on any atom is 0.303 e. The van der Waals surface area contributed by atoms with Crippen molar-refractivity contribution in [3.63, 3.8) is 0 Å². The van der Waals surface area contributed by atoms with E-state index in [0.29, 0.717) is 24.7 Å². The van der Waals surface area contributed by atoms with Gasteiger partial charge in [-0.05, 0) is 87.2 Å². The van der Waals surface area contributed by atoms with Gasteiger partial charge in [-0.2, -0.15) is 0 Å². The van der Waals surface area contributed by atoms with Gasteiger partial charge < -0.3 is 31.5 Å². The number of hydrogen-bond donors (Lipinski definition) is 6. The maximum atomic E-state index is 11.6. The molecule has 5 aliphatic rings. The zero-order valence-electron chi connectivity index (χ0n) is 25.9. The predicted octanol–water partition coefficient (Wildman–Crippen LogP) is 4.16. The highest BCUT2D eigenvalue weighted by Gasteiger charge is 2.48. The molecule has 12 unspecified atom stereocenters. The van der Waals surface area contributed by atoms with Gasteiger partial charge in [-0.1, -0.05) is 50.3 Å². The van der Waals surface area contributed by atoms with Gasteiger partial charge in [0.1, 0.15) is 0 Å². The fraction of sp³-hybridized carbons (Fsp3) is 0.706. The zero-order valence-corrected chi connectivity index (χ0v) is 25.9. The quantitative estimate of drug-likeness (QED) is 0.253. The van der Waals surface area contributed by atoms with Gasteiger partial charge in [0.05, 0.1) is 0 Å². The standard InChI is InChI=1S/C34H52N4O4/c1-7-21-17(3)25-13-26-19(5)23(9-11-33(39)40)31(37-26)16-32-24(10-12-34(41)42)20(6)28(38-32)15-30-22(8-2)18(4)27(36-30)14-29(21)35-25/h7-8,19-20,23-32,35-38H,1-2,9-16H2,3-6H3,(H,39,40)(H,41,42). The number of carboxylic acids is 2. The van der Waals surface area contributed by atoms with E-state index in [1.807, 2.05) is 12.2 Å². The van der Waals surface area contributed by atoms with E-state index in [1.165, 1.54) is 22.3 Å². The molecule has 8 heteroatoms. The highest BCUT2D eigenvalue weighted by Crippen LogP contribution is 2.42. The number of aliphatic carboxylic acids is 2. The van der Waals surface area contributed by atoms with Gasteiger partial charge in [0.25, 0.3) is 0 Å². The van der Waals surface area contributed by atoms with Crippen LogP contribution in [0.4, 0.5) is 0 Å². The van der Waals surface area contributed by atoms with E-state index in [2.05, 4.69) is 62.1 Å². The second kappa shape index (κ2) is 12.8. The van der Waals surface area contributed by atoms with Gasteiger partial charge in [-0.15, -0.1) is 0 Å². The third-order valence-electron chi connectivity index (χ3n) is 11.8. The van der Waals surface area contributed by atoms with Crippen molar-refractivity contribution in [2.75, 3.05) is 0 Å². The molecule has 0 aromatic carbocycles. The highest BCUT2D eigenvalue weighted by molar-refractivity contribution is 5.67. The monoisotopic (exact) mass is 580 g/mol. The molecule has 0 spiro atoms. The maximum absolute atomic E-state index is 11.6. The van der Waals surface area contributed by atoms with E-state index in [-0.39, 0.29) is 73.0 Å². The van der Waals surface area contributed by atoms with Crippen LogP contribution in [-0.2, 0) is 9.59 Å². The molecule has 5 rings (SSSR count). The summed E-state index contributed by atoms with van der Waals surface area (Å²) >= 11 is 0. The number of hydrogen-bond acceptors (Lipinski definition) is 6. The van der Waals surface area contributed by atoms with Crippen LogP contribution in [0, 0.1) is 23.7 Å². The Labute approximate surface area is 251 Å². The van der Waals surface area contributed by atoms with E-state index in [1.54, 1.807) is 0 Å². The van der Waals surface area contributed by atoms with E-state index in [0.717, 1.165) is 25.7 Å². The lowest BCUT2D eigenvalue weighted by atomic mass is 9.78. The van der Waals surface area contributed by atoms with Gasteiger partial charge in [0.2, 0.25) is 0 Å². The van der Waals surface area contributed by atoms with Crippen LogP contribution in [0.5, 0.6) is 0 Å². The molecule has 0 aromatic heterocycles. The Morgan fingerprint density at radius 2 is 1.07 bits per heavy atom. The molecule has 8 nitrogen and oxygen atoms in total. The molecule has 0 amide bonds. The number of rotatable bonds is 8. The van der Waals surface area contributed by atoms with E-state index in [9.17, 15) is 19.8 Å². The minimum absolute atomic E-state index is 0.173. The predicted molar refractivity (Wildman–Crippen MR) is 166 cm³/mol. The number of nitrogens with one attached hydrogen (secondary N) is 4. The Hall–Kier alpha value is -2.26. The largest absolute Gasteiger partial charge is 0.481 e. The molecule has 5 heterocycles. The summed E-state index contributed by atoms with van der Waals surface area (Å²) in [5.41, 5.74) is 5.33. The number of carbonyl (C=O) groups is 2. The minimum Gasteiger partial charge on any atom is -0.481 e. The van der Waals surface area contributed by atoms with Crippen molar-refractivity contribution in [2.45, 2.75) is 127 Å². The van der Waals surface area contributed by atoms with Gasteiger partial charge in [0.15, 0.2) is 0 Å². The molecule has 12 atom stereocenters. The Bertz CT molecular complexity index is 1150. The Balaban J connectivity index is 1.49. The minimum atomic E-state index is -0.743. The molecule has 5 aliphatic heterocycles. The van der Waals surface area contributed by atoms with Crippen LogP contribution >= 0.6 is 0 Å². The first-order chi connectivity index (χ1) is 20.0. The molecule has 3 fully saturated rings. The molecular formula is C34H52N4O4. The number of fused-ring (bicyclic) bond motifs is 8. The summed E-state index contributed by atoms with van der Waals surface area (Å²) in [6.45, 7) is 17.4. The van der Waals surface area contributed by atoms with Crippen LogP contribution in [-0.4, -0.2) is 70.5 Å². The van der Waals surface area contributed by atoms with Gasteiger partial charge >= 0.3 is 11.9 Å². The SMILES string of the molecule is C=CC1=C(C)C2CC3NC(CC4NC(CC5NC(CC1N2)C(C)=C5C=C)C(C)C4CCC(=O)O)C(CCC(=O)O)C3C. The summed E-state index contributed by atoms with van der Waals surface area (Å²) in [6, 6.07) is 1.82. The van der Waals surface area contributed by atoms with Crippen LogP contribution in [0.25, 0.3) is 0 Å². The first-order valence-corrected chi connectivity index (χ1v) is 16.2. The van der Waals surface area contributed by atoms with Crippen molar-refractivity contribution in [3.05, 3.63) is 47.6 Å². The van der Waals surface area contributed by atoms with Crippen LogP contribution in [0.3, 0.4) is 0 Å². The lowest BCUT2D eigenvalue weighted by Gasteiger charge is -2.28. The Morgan fingerprint density at radius 1 is 0.667 bits per heavy atom. The van der Waals surface area contributed by atoms with Crippen molar-refractivity contribution >= 4 is 11.9 Å². The van der Waals surface area contributed by atoms with Crippen LogP contribution in [0.2, 0.25) is 0 Å².